The van der Waals surface area contributed by atoms with Gasteiger partial charge in [0.15, 0.2) is 5.78 Å². The number of likely N-dealkylation sites (N-methyl/N-ethyl adjacent to an activating group) is 1. The quantitative estimate of drug-likeness (QED) is 0.523. The van der Waals surface area contributed by atoms with Crippen molar-refractivity contribution in [2.75, 3.05) is 13.6 Å². The molecule has 0 aromatic rings. The second kappa shape index (κ2) is 7.07. The Morgan fingerprint density at radius 2 is 1.83 bits per heavy atom. The van der Waals surface area contributed by atoms with Crippen LogP contribution in [0.2, 0.25) is 0 Å². The number of rotatable bonds is 6. The zero-order chi connectivity index (χ0) is 14.5. The molecule has 0 aromatic carbocycles. The molecule has 0 aliphatic carbocycles. The maximum Gasteiger partial charge on any atom is 0.248 e. The molecule has 0 aliphatic heterocycles. The van der Waals surface area contributed by atoms with E-state index in [1.807, 2.05) is 0 Å². The normalized spacial score (nSPS) is 15.4. The summed E-state index contributed by atoms with van der Waals surface area (Å²) in [6.07, 6.45) is -1.07. The van der Waals surface area contributed by atoms with Gasteiger partial charge in [-0.3, -0.25) is 14.4 Å². The number of aliphatic hydroxyl groups is 1. The van der Waals surface area contributed by atoms with E-state index in [0.29, 0.717) is 0 Å². The molecule has 4 N–H and O–H groups in total. The molecule has 0 bridgehead atoms. The number of carbonyl (C=O) groups is 3. The summed E-state index contributed by atoms with van der Waals surface area (Å²) in [5.41, 5.74) is 5.13. The number of hydrogen-bond donors (Lipinski definition) is 3. The van der Waals surface area contributed by atoms with Gasteiger partial charge in [0.05, 0.1) is 18.7 Å². The minimum Gasteiger partial charge on any atom is -0.391 e. The number of ketones is 1. The largest absolute Gasteiger partial charge is 0.391 e. The molecule has 3 atom stereocenters. The summed E-state index contributed by atoms with van der Waals surface area (Å²) in [6.45, 7) is 4.04. The highest BCUT2D eigenvalue weighted by atomic mass is 16.3. The smallest absolute Gasteiger partial charge is 0.248 e. The van der Waals surface area contributed by atoms with E-state index in [4.69, 9.17) is 5.73 Å². The Kier molecular flexibility index (Phi) is 6.50. The van der Waals surface area contributed by atoms with Crippen LogP contribution in [0.25, 0.3) is 0 Å². The van der Waals surface area contributed by atoms with Crippen LogP contribution in [-0.4, -0.2) is 59.4 Å². The van der Waals surface area contributed by atoms with Crippen LogP contribution in [0, 0.1) is 0 Å². The van der Waals surface area contributed by atoms with Gasteiger partial charge in [0, 0.05) is 7.05 Å². The molecular weight excluding hydrogens is 238 g/mol. The summed E-state index contributed by atoms with van der Waals surface area (Å²) in [6, 6.07) is -1.72. The van der Waals surface area contributed by atoms with Crippen molar-refractivity contribution in [3.05, 3.63) is 0 Å². The average molecular weight is 259 g/mol. The predicted octanol–water partition coefficient (Wildman–Crippen LogP) is -1.75. The molecule has 0 aliphatic rings. The molecule has 0 radical (unpaired) electrons. The van der Waals surface area contributed by atoms with E-state index in [-0.39, 0.29) is 12.3 Å². The SMILES string of the molecule is CC(=O)[C@H](C)N(C)C(=O)[C@@H](NC(=O)CN)[C@@H](C)O. The number of nitrogens with two attached hydrogens (primary N) is 1. The Hall–Kier alpha value is -1.47. The van der Waals surface area contributed by atoms with Crippen molar-refractivity contribution in [2.45, 2.75) is 39.0 Å². The van der Waals surface area contributed by atoms with E-state index < -0.39 is 30.0 Å². The third kappa shape index (κ3) is 4.42. The van der Waals surface area contributed by atoms with Gasteiger partial charge in [-0.15, -0.1) is 0 Å². The summed E-state index contributed by atoms with van der Waals surface area (Å²) in [5.74, 6) is -1.26. The van der Waals surface area contributed by atoms with Crippen LogP contribution in [0.4, 0.5) is 0 Å². The van der Waals surface area contributed by atoms with Gasteiger partial charge < -0.3 is 21.1 Å². The lowest BCUT2D eigenvalue weighted by atomic mass is 10.1. The molecule has 0 heterocycles. The Morgan fingerprint density at radius 1 is 1.33 bits per heavy atom. The summed E-state index contributed by atoms with van der Waals surface area (Å²) >= 11 is 0. The van der Waals surface area contributed by atoms with Gasteiger partial charge in [-0.2, -0.15) is 0 Å². The standard InChI is InChI=1S/C11H21N3O4/c1-6(7(2)15)14(4)11(18)10(8(3)16)13-9(17)5-12/h6,8,10,16H,5,12H2,1-4H3,(H,13,17)/t6-,8+,10-/m0/s1. The Bertz CT molecular complexity index is 330. The van der Waals surface area contributed by atoms with E-state index in [0.717, 1.165) is 0 Å². The number of Topliss-reactive ketones (excluding diaryl/α,β-unsaturated/α-hetero) is 1. The predicted molar refractivity (Wildman–Crippen MR) is 65.6 cm³/mol. The maximum atomic E-state index is 12.0. The highest BCUT2D eigenvalue weighted by molar-refractivity contribution is 5.92. The van der Waals surface area contributed by atoms with E-state index in [9.17, 15) is 19.5 Å². The average Bonchev–Trinajstić information content (AvgIpc) is 2.32. The van der Waals surface area contributed by atoms with Crippen LogP contribution in [0.3, 0.4) is 0 Å². The van der Waals surface area contributed by atoms with Gasteiger partial charge in [0.2, 0.25) is 11.8 Å². The zero-order valence-corrected chi connectivity index (χ0v) is 11.1. The van der Waals surface area contributed by atoms with Crippen molar-refractivity contribution >= 4 is 17.6 Å². The number of nitrogens with one attached hydrogen (secondary N) is 1. The van der Waals surface area contributed by atoms with Crippen LogP contribution in [0.5, 0.6) is 0 Å². The first kappa shape index (κ1) is 16.5. The van der Waals surface area contributed by atoms with Gasteiger partial charge in [0.1, 0.15) is 6.04 Å². The summed E-state index contributed by atoms with van der Waals surface area (Å²) in [4.78, 5) is 35.6. The number of nitrogens with zero attached hydrogens (tertiary/aromatic N) is 1. The van der Waals surface area contributed by atoms with Gasteiger partial charge in [-0.1, -0.05) is 0 Å². The van der Waals surface area contributed by atoms with Gasteiger partial charge in [0.25, 0.3) is 0 Å². The molecule has 104 valence electrons. The molecule has 0 unspecified atom stereocenters. The molecule has 7 nitrogen and oxygen atoms in total. The van der Waals surface area contributed by atoms with E-state index in [1.54, 1.807) is 6.92 Å². The van der Waals surface area contributed by atoms with Gasteiger partial charge in [-0.25, -0.2) is 0 Å². The van der Waals surface area contributed by atoms with Crippen molar-refractivity contribution in [3.8, 4) is 0 Å². The fourth-order valence-corrected chi connectivity index (χ4v) is 1.30. The van der Waals surface area contributed by atoms with Crippen LogP contribution in [0.1, 0.15) is 20.8 Å². The van der Waals surface area contributed by atoms with Crippen molar-refractivity contribution in [1.82, 2.24) is 10.2 Å². The zero-order valence-electron chi connectivity index (χ0n) is 11.1. The second-order valence-electron chi connectivity index (χ2n) is 4.23. The van der Waals surface area contributed by atoms with Crippen LogP contribution < -0.4 is 11.1 Å². The number of carbonyl (C=O) groups excluding carboxylic acids is 3. The Balaban J connectivity index is 4.86. The molecule has 0 spiro atoms. The third-order valence-corrected chi connectivity index (χ3v) is 2.77. The lowest BCUT2D eigenvalue weighted by Gasteiger charge is -2.29. The second-order valence-corrected chi connectivity index (χ2v) is 4.23. The highest BCUT2D eigenvalue weighted by Crippen LogP contribution is 2.04. The monoisotopic (exact) mass is 259 g/mol. The summed E-state index contributed by atoms with van der Waals surface area (Å²) in [7, 11) is 1.44. The summed E-state index contributed by atoms with van der Waals surface area (Å²) in [5, 5.41) is 11.8. The molecule has 0 rings (SSSR count). The van der Waals surface area contributed by atoms with Gasteiger partial charge >= 0.3 is 0 Å². The van der Waals surface area contributed by atoms with Gasteiger partial charge in [-0.05, 0) is 20.8 Å². The fraction of sp³-hybridized carbons (Fsp3) is 0.727. The van der Waals surface area contributed by atoms with E-state index in [2.05, 4.69) is 5.32 Å². The first-order valence-corrected chi connectivity index (χ1v) is 5.67. The molecular formula is C11H21N3O4. The Labute approximate surface area is 106 Å². The lowest BCUT2D eigenvalue weighted by molar-refractivity contribution is -0.142. The van der Waals surface area contributed by atoms with E-state index in [1.165, 1.54) is 25.8 Å². The van der Waals surface area contributed by atoms with Crippen molar-refractivity contribution in [2.24, 2.45) is 5.73 Å². The molecule has 2 amide bonds. The lowest BCUT2D eigenvalue weighted by Crippen LogP contribution is -2.56. The first-order valence-electron chi connectivity index (χ1n) is 5.67. The molecule has 0 saturated carbocycles. The first-order chi connectivity index (χ1) is 8.22. The van der Waals surface area contributed by atoms with Crippen LogP contribution in [-0.2, 0) is 14.4 Å². The summed E-state index contributed by atoms with van der Waals surface area (Å²) < 4.78 is 0. The van der Waals surface area contributed by atoms with Crippen molar-refractivity contribution < 1.29 is 19.5 Å². The number of hydrogen-bond acceptors (Lipinski definition) is 5. The maximum absolute atomic E-state index is 12.0. The Morgan fingerprint density at radius 3 is 2.17 bits per heavy atom. The molecule has 0 fully saturated rings. The molecule has 18 heavy (non-hydrogen) atoms. The molecule has 0 aromatic heterocycles. The third-order valence-electron chi connectivity index (χ3n) is 2.77. The number of amides is 2. The molecule has 0 saturated heterocycles. The minimum absolute atomic E-state index is 0.180. The van der Waals surface area contributed by atoms with E-state index >= 15 is 0 Å². The topological polar surface area (TPSA) is 113 Å². The van der Waals surface area contributed by atoms with Crippen LogP contribution in [0.15, 0.2) is 0 Å². The van der Waals surface area contributed by atoms with Crippen LogP contribution >= 0.6 is 0 Å². The number of aliphatic hydroxyl groups excluding tert-OH is 1. The fourth-order valence-electron chi connectivity index (χ4n) is 1.30. The molecule has 7 heteroatoms. The van der Waals surface area contributed by atoms with Crippen molar-refractivity contribution in [3.63, 3.8) is 0 Å². The minimum atomic E-state index is -1.10. The highest BCUT2D eigenvalue weighted by Gasteiger charge is 2.30. The van der Waals surface area contributed by atoms with Crippen molar-refractivity contribution in [1.29, 1.82) is 0 Å².